The van der Waals surface area contributed by atoms with Gasteiger partial charge in [0, 0.05) is 16.6 Å². The minimum atomic E-state index is -0.256. The maximum atomic E-state index is 12.9. The summed E-state index contributed by atoms with van der Waals surface area (Å²) in [5, 5.41) is 3.89. The number of ether oxygens (including phenoxy) is 1. The quantitative estimate of drug-likeness (QED) is 0.497. The van der Waals surface area contributed by atoms with E-state index in [-0.39, 0.29) is 5.91 Å². The first-order chi connectivity index (χ1) is 13.7. The van der Waals surface area contributed by atoms with Gasteiger partial charge in [-0.25, -0.2) is 0 Å². The molecular formula is C24H21NO3. The molecule has 4 aromatic rings. The van der Waals surface area contributed by atoms with E-state index in [9.17, 15) is 4.79 Å². The minimum absolute atomic E-state index is 0.256. The first-order valence-electron chi connectivity index (χ1n) is 9.16. The topological polar surface area (TPSA) is 51.5 Å². The molecule has 0 radical (unpaired) electrons. The van der Waals surface area contributed by atoms with E-state index in [1.807, 2.05) is 67.6 Å². The van der Waals surface area contributed by atoms with Gasteiger partial charge in [-0.1, -0.05) is 48.5 Å². The molecule has 4 heteroatoms. The highest BCUT2D eigenvalue weighted by Crippen LogP contribution is 2.29. The molecule has 140 valence electrons. The van der Waals surface area contributed by atoms with Crippen LogP contribution in [-0.4, -0.2) is 13.0 Å². The van der Waals surface area contributed by atoms with Gasteiger partial charge in [-0.3, -0.25) is 4.79 Å². The highest BCUT2D eigenvalue weighted by molar-refractivity contribution is 6.06. The van der Waals surface area contributed by atoms with Gasteiger partial charge in [-0.15, -0.1) is 0 Å². The summed E-state index contributed by atoms with van der Waals surface area (Å²) in [7, 11) is 1.62. The van der Waals surface area contributed by atoms with Crippen molar-refractivity contribution in [2.45, 2.75) is 13.3 Å². The number of para-hydroxylation sites is 1. The third-order valence-electron chi connectivity index (χ3n) is 4.85. The zero-order valence-electron chi connectivity index (χ0n) is 15.9. The first kappa shape index (κ1) is 17.9. The summed E-state index contributed by atoms with van der Waals surface area (Å²) < 4.78 is 11.1. The van der Waals surface area contributed by atoms with E-state index < -0.39 is 0 Å². The van der Waals surface area contributed by atoms with Crippen LogP contribution in [0.15, 0.2) is 77.2 Å². The Kier molecular flexibility index (Phi) is 4.85. The molecule has 0 aliphatic carbocycles. The molecule has 0 saturated heterocycles. The number of aryl methyl sites for hydroxylation is 1. The van der Waals surface area contributed by atoms with E-state index in [0.29, 0.717) is 11.3 Å². The number of methoxy groups -OCH3 is 1. The number of carbonyl (C=O) groups excluding carboxylic acids is 1. The largest absolute Gasteiger partial charge is 0.497 e. The van der Waals surface area contributed by atoms with Gasteiger partial charge in [0.05, 0.1) is 7.11 Å². The van der Waals surface area contributed by atoms with Crippen molar-refractivity contribution in [3.05, 3.63) is 95.2 Å². The SMILES string of the molecule is COc1ccc2oc(C(=O)Nc3ccccc3Cc3ccccc3)c(C)c2c1. The van der Waals surface area contributed by atoms with E-state index in [2.05, 4.69) is 17.4 Å². The Hall–Kier alpha value is -3.53. The van der Waals surface area contributed by atoms with Crippen molar-refractivity contribution in [1.29, 1.82) is 0 Å². The van der Waals surface area contributed by atoms with Crippen LogP contribution in [0.4, 0.5) is 5.69 Å². The second kappa shape index (κ2) is 7.61. The molecule has 1 N–H and O–H groups in total. The molecule has 1 aromatic heterocycles. The molecule has 28 heavy (non-hydrogen) atoms. The number of carbonyl (C=O) groups is 1. The van der Waals surface area contributed by atoms with Crippen LogP contribution in [0.5, 0.6) is 5.75 Å². The third kappa shape index (κ3) is 3.49. The Bertz CT molecular complexity index is 1130. The maximum absolute atomic E-state index is 12.9. The lowest BCUT2D eigenvalue weighted by molar-refractivity contribution is 0.0998. The fraction of sp³-hybridized carbons (Fsp3) is 0.125. The van der Waals surface area contributed by atoms with Gasteiger partial charge in [0.1, 0.15) is 11.3 Å². The van der Waals surface area contributed by atoms with Gasteiger partial charge >= 0.3 is 0 Å². The molecule has 0 bridgehead atoms. The van der Waals surface area contributed by atoms with Crippen LogP contribution in [-0.2, 0) is 6.42 Å². The lowest BCUT2D eigenvalue weighted by Crippen LogP contribution is -2.13. The van der Waals surface area contributed by atoms with Crippen molar-refractivity contribution in [2.75, 3.05) is 12.4 Å². The molecule has 0 saturated carbocycles. The van der Waals surface area contributed by atoms with Crippen molar-refractivity contribution in [2.24, 2.45) is 0 Å². The number of hydrogen-bond acceptors (Lipinski definition) is 3. The van der Waals surface area contributed by atoms with Crippen LogP contribution in [0.1, 0.15) is 27.2 Å². The average Bonchev–Trinajstić information content (AvgIpc) is 3.06. The number of amides is 1. The van der Waals surface area contributed by atoms with Crippen LogP contribution >= 0.6 is 0 Å². The average molecular weight is 371 g/mol. The van der Waals surface area contributed by atoms with E-state index in [1.54, 1.807) is 7.11 Å². The van der Waals surface area contributed by atoms with E-state index >= 15 is 0 Å². The number of hydrogen-bond donors (Lipinski definition) is 1. The standard InChI is InChI=1S/C24H21NO3/c1-16-20-15-19(27-2)12-13-22(20)28-23(16)24(26)25-21-11-7-6-10-18(21)14-17-8-4-3-5-9-17/h3-13,15H,14H2,1-2H3,(H,25,26). The van der Waals surface area contributed by atoms with Crippen LogP contribution < -0.4 is 10.1 Å². The van der Waals surface area contributed by atoms with Crippen LogP contribution in [0, 0.1) is 6.92 Å². The van der Waals surface area contributed by atoms with Crippen molar-refractivity contribution in [3.8, 4) is 5.75 Å². The lowest BCUT2D eigenvalue weighted by Gasteiger charge is -2.10. The molecule has 0 atom stereocenters. The fourth-order valence-corrected chi connectivity index (χ4v) is 3.33. The molecule has 0 fully saturated rings. The first-order valence-corrected chi connectivity index (χ1v) is 9.16. The maximum Gasteiger partial charge on any atom is 0.291 e. The molecule has 1 heterocycles. The van der Waals surface area contributed by atoms with Gasteiger partial charge in [0.25, 0.3) is 5.91 Å². The molecule has 0 spiro atoms. The molecule has 4 rings (SSSR count). The predicted octanol–water partition coefficient (Wildman–Crippen LogP) is 5.59. The zero-order chi connectivity index (χ0) is 19.5. The number of fused-ring (bicyclic) bond motifs is 1. The molecule has 3 aromatic carbocycles. The second-order valence-electron chi connectivity index (χ2n) is 6.69. The summed E-state index contributed by atoms with van der Waals surface area (Å²) in [6.45, 7) is 1.88. The summed E-state index contributed by atoms with van der Waals surface area (Å²) in [6, 6.07) is 23.5. The summed E-state index contributed by atoms with van der Waals surface area (Å²) in [4.78, 5) is 12.9. The summed E-state index contributed by atoms with van der Waals surface area (Å²) in [5.74, 6) is 0.794. The minimum Gasteiger partial charge on any atom is -0.497 e. The van der Waals surface area contributed by atoms with Crippen molar-refractivity contribution in [3.63, 3.8) is 0 Å². The van der Waals surface area contributed by atoms with Crippen LogP contribution in [0.25, 0.3) is 11.0 Å². The van der Waals surface area contributed by atoms with Crippen molar-refractivity contribution >= 4 is 22.6 Å². The second-order valence-corrected chi connectivity index (χ2v) is 6.69. The van der Waals surface area contributed by atoms with E-state index in [4.69, 9.17) is 9.15 Å². The summed E-state index contributed by atoms with van der Waals surface area (Å²) in [5.41, 5.74) is 4.50. The lowest BCUT2D eigenvalue weighted by atomic mass is 10.0. The summed E-state index contributed by atoms with van der Waals surface area (Å²) >= 11 is 0. The molecule has 0 aliphatic heterocycles. The van der Waals surface area contributed by atoms with Crippen molar-refractivity contribution in [1.82, 2.24) is 0 Å². The summed E-state index contributed by atoms with van der Waals surface area (Å²) in [6.07, 6.45) is 0.744. The smallest absolute Gasteiger partial charge is 0.291 e. The van der Waals surface area contributed by atoms with Crippen molar-refractivity contribution < 1.29 is 13.9 Å². The Morgan fingerprint density at radius 3 is 2.54 bits per heavy atom. The number of benzene rings is 3. The molecule has 1 amide bonds. The van der Waals surface area contributed by atoms with Gasteiger partial charge < -0.3 is 14.5 Å². The Morgan fingerprint density at radius 2 is 1.75 bits per heavy atom. The Balaban J connectivity index is 1.62. The Morgan fingerprint density at radius 1 is 1.00 bits per heavy atom. The highest BCUT2D eigenvalue weighted by Gasteiger charge is 2.19. The molecule has 0 unspecified atom stereocenters. The molecule has 4 nitrogen and oxygen atoms in total. The Labute approximate surface area is 163 Å². The normalized spacial score (nSPS) is 10.8. The number of anilines is 1. The van der Waals surface area contributed by atoms with Gasteiger partial charge in [0.2, 0.25) is 0 Å². The van der Waals surface area contributed by atoms with E-state index in [1.165, 1.54) is 5.56 Å². The monoisotopic (exact) mass is 371 g/mol. The van der Waals surface area contributed by atoms with Gasteiger partial charge in [-0.2, -0.15) is 0 Å². The number of furan rings is 1. The third-order valence-corrected chi connectivity index (χ3v) is 4.85. The number of rotatable bonds is 5. The zero-order valence-corrected chi connectivity index (χ0v) is 15.9. The van der Waals surface area contributed by atoms with Crippen LogP contribution in [0.3, 0.4) is 0 Å². The van der Waals surface area contributed by atoms with Gasteiger partial charge in [0.15, 0.2) is 5.76 Å². The molecule has 0 aliphatic rings. The fourth-order valence-electron chi connectivity index (χ4n) is 3.33. The number of nitrogens with one attached hydrogen (secondary N) is 1. The van der Waals surface area contributed by atoms with Crippen LogP contribution in [0.2, 0.25) is 0 Å². The predicted molar refractivity (Wildman–Crippen MR) is 111 cm³/mol. The molecular weight excluding hydrogens is 350 g/mol. The van der Waals surface area contributed by atoms with E-state index in [0.717, 1.165) is 34.4 Å². The van der Waals surface area contributed by atoms with Gasteiger partial charge in [-0.05, 0) is 48.7 Å². The highest BCUT2D eigenvalue weighted by atomic mass is 16.5.